The van der Waals surface area contributed by atoms with Crippen LogP contribution in [0.5, 0.6) is 0 Å². The molecule has 22 heavy (non-hydrogen) atoms. The maximum Gasteiger partial charge on any atom is 0.225 e. The molecule has 0 aromatic heterocycles. The average molecular weight is 299 g/mol. The molecule has 0 radical (unpaired) electrons. The molecule has 1 amide bonds. The van der Waals surface area contributed by atoms with Crippen molar-refractivity contribution in [1.29, 1.82) is 5.26 Å². The zero-order valence-electron chi connectivity index (χ0n) is 13.7. The second kappa shape index (κ2) is 6.93. The lowest BCUT2D eigenvalue weighted by atomic mass is 9.94. The predicted octanol–water partition coefficient (Wildman–Crippen LogP) is 2.68. The average Bonchev–Trinajstić information content (AvgIpc) is 2.47. The SMILES string of the molecule is CC(C)(C)C(=O)NC1CCCN(Cc2cccc(C#N)c2)C1. The molecular weight excluding hydrogens is 274 g/mol. The Hall–Kier alpha value is -1.86. The minimum absolute atomic E-state index is 0.117. The maximum absolute atomic E-state index is 12.1. The van der Waals surface area contributed by atoms with Crippen molar-refractivity contribution in [2.45, 2.75) is 46.2 Å². The van der Waals surface area contributed by atoms with Crippen LogP contribution in [0.15, 0.2) is 24.3 Å². The van der Waals surface area contributed by atoms with Crippen LogP contribution in [-0.4, -0.2) is 29.9 Å². The van der Waals surface area contributed by atoms with Crippen molar-refractivity contribution < 1.29 is 4.79 Å². The van der Waals surface area contributed by atoms with Gasteiger partial charge in [0, 0.05) is 24.5 Å². The lowest BCUT2D eigenvalue weighted by molar-refractivity contribution is -0.129. The number of carbonyl (C=O) groups is 1. The van der Waals surface area contributed by atoms with Crippen molar-refractivity contribution in [3.05, 3.63) is 35.4 Å². The fraction of sp³-hybridized carbons (Fsp3) is 0.556. The second-order valence-corrected chi connectivity index (χ2v) is 7.11. The molecule has 1 heterocycles. The molecule has 0 spiro atoms. The second-order valence-electron chi connectivity index (χ2n) is 7.11. The molecule has 1 aromatic rings. The third kappa shape index (κ3) is 4.57. The summed E-state index contributed by atoms with van der Waals surface area (Å²) < 4.78 is 0. The van der Waals surface area contributed by atoms with Gasteiger partial charge in [-0.3, -0.25) is 9.69 Å². The van der Waals surface area contributed by atoms with Gasteiger partial charge in [0.05, 0.1) is 11.6 Å². The molecule has 4 heteroatoms. The van der Waals surface area contributed by atoms with Crippen LogP contribution < -0.4 is 5.32 Å². The summed E-state index contributed by atoms with van der Waals surface area (Å²) in [5.41, 5.74) is 1.51. The van der Waals surface area contributed by atoms with E-state index in [0.29, 0.717) is 5.56 Å². The first-order valence-electron chi connectivity index (χ1n) is 7.91. The van der Waals surface area contributed by atoms with Crippen LogP contribution >= 0.6 is 0 Å². The van der Waals surface area contributed by atoms with E-state index in [1.807, 2.05) is 39.0 Å². The summed E-state index contributed by atoms with van der Waals surface area (Å²) in [5, 5.41) is 12.1. The molecule has 1 saturated heterocycles. The van der Waals surface area contributed by atoms with Crippen LogP contribution in [0.2, 0.25) is 0 Å². The van der Waals surface area contributed by atoms with Crippen molar-refractivity contribution in [2.75, 3.05) is 13.1 Å². The lowest BCUT2D eigenvalue weighted by Gasteiger charge is -2.34. The Morgan fingerprint density at radius 2 is 2.23 bits per heavy atom. The number of hydrogen-bond donors (Lipinski definition) is 1. The first-order chi connectivity index (χ1) is 10.4. The predicted molar refractivity (Wildman–Crippen MR) is 87.1 cm³/mol. The van der Waals surface area contributed by atoms with Gasteiger partial charge in [0.1, 0.15) is 0 Å². The topological polar surface area (TPSA) is 56.1 Å². The first kappa shape index (κ1) is 16.5. The number of likely N-dealkylation sites (tertiary alicyclic amines) is 1. The van der Waals surface area contributed by atoms with Crippen LogP contribution in [-0.2, 0) is 11.3 Å². The molecule has 1 aliphatic rings. The highest BCUT2D eigenvalue weighted by molar-refractivity contribution is 5.81. The van der Waals surface area contributed by atoms with Gasteiger partial charge in [0.25, 0.3) is 0 Å². The van der Waals surface area contributed by atoms with E-state index in [-0.39, 0.29) is 17.4 Å². The number of hydrogen-bond acceptors (Lipinski definition) is 3. The van der Waals surface area contributed by atoms with Gasteiger partial charge in [0.15, 0.2) is 0 Å². The number of carbonyl (C=O) groups excluding carboxylic acids is 1. The molecule has 1 aliphatic heterocycles. The Morgan fingerprint density at radius 1 is 1.45 bits per heavy atom. The summed E-state index contributed by atoms with van der Waals surface area (Å²) in [6, 6.07) is 10.2. The third-order valence-electron chi connectivity index (χ3n) is 3.98. The number of amides is 1. The Kier molecular flexibility index (Phi) is 5.20. The fourth-order valence-corrected chi connectivity index (χ4v) is 2.72. The normalized spacial score (nSPS) is 19.5. The van der Waals surface area contributed by atoms with Crippen molar-refractivity contribution in [2.24, 2.45) is 5.41 Å². The monoisotopic (exact) mass is 299 g/mol. The number of benzene rings is 1. The third-order valence-corrected chi connectivity index (χ3v) is 3.98. The van der Waals surface area contributed by atoms with Gasteiger partial charge in [-0.25, -0.2) is 0 Å². The fourth-order valence-electron chi connectivity index (χ4n) is 2.72. The lowest BCUT2D eigenvalue weighted by Crippen LogP contribution is -2.50. The molecule has 0 bridgehead atoms. The zero-order chi connectivity index (χ0) is 16.2. The van der Waals surface area contributed by atoms with Gasteiger partial charge in [0.2, 0.25) is 5.91 Å². The number of nitrogens with one attached hydrogen (secondary N) is 1. The van der Waals surface area contributed by atoms with Gasteiger partial charge in [-0.2, -0.15) is 5.26 Å². The molecule has 1 atom stereocenters. The molecule has 1 aromatic carbocycles. The number of piperidine rings is 1. The first-order valence-corrected chi connectivity index (χ1v) is 7.91. The summed E-state index contributed by atoms with van der Waals surface area (Å²) >= 11 is 0. The van der Waals surface area contributed by atoms with Crippen molar-refractivity contribution in [3.8, 4) is 6.07 Å². The highest BCUT2D eigenvalue weighted by Crippen LogP contribution is 2.17. The van der Waals surface area contributed by atoms with E-state index in [9.17, 15) is 4.79 Å². The van der Waals surface area contributed by atoms with Gasteiger partial charge >= 0.3 is 0 Å². The van der Waals surface area contributed by atoms with E-state index in [4.69, 9.17) is 5.26 Å². The Balaban J connectivity index is 1.93. The van der Waals surface area contributed by atoms with Gasteiger partial charge in [-0.15, -0.1) is 0 Å². The number of rotatable bonds is 3. The van der Waals surface area contributed by atoms with Crippen LogP contribution in [0.1, 0.15) is 44.7 Å². The standard InChI is InChI=1S/C18H25N3O/c1-18(2,3)17(22)20-16-8-5-9-21(13-16)12-15-7-4-6-14(10-15)11-19/h4,6-7,10,16H,5,8-9,12-13H2,1-3H3,(H,20,22). The molecule has 2 rings (SSSR count). The molecule has 1 unspecified atom stereocenters. The van der Waals surface area contributed by atoms with Crippen LogP contribution in [0, 0.1) is 16.7 Å². The zero-order valence-corrected chi connectivity index (χ0v) is 13.7. The smallest absolute Gasteiger partial charge is 0.225 e. The summed E-state index contributed by atoms with van der Waals surface area (Å²) in [6.07, 6.45) is 2.13. The van der Waals surface area contributed by atoms with Crippen molar-refractivity contribution in [1.82, 2.24) is 10.2 Å². The molecular formula is C18H25N3O. The minimum atomic E-state index is -0.344. The summed E-state index contributed by atoms with van der Waals surface area (Å²) in [5.74, 6) is 0.117. The Bertz CT molecular complexity index is 568. The largest absolute Gasteiger partial charge is 0.352 e. The van der Waals surface area contributed by atoms with E-state index in [0.717, 1.165) is 38.0 Å². The molecule has 1 fully saturated rings. The molecule has 0 saturated carbocycles. The van der Waals surface area contributed by atoms with Crippen molar-refractivity contribution in [3.63, 3.8) is 0 Å². The highest BCUT2D eigenvalue weighted by Gasteiger charge is 2.26. The Morgan fingerprint density at radius 3 is 2.91 bits per heavy atom. The summed E-state index contributed by atoms with van der Waals surface area (Å²) in [6.45, 7) is 8.57. The van der Waals surface area contributed by atoms with E-state index in [1.54, 1.807) is 0 Å². The van der Waals surface area contributed by atoms with Crippen LogP contribution in [0.3, 0.4) is 0 Å². The van der Waals surface area contributed by atoms with E-state index >= 15 is 0 Å². The molecule has 1 N–H and O–H groups in total. The summed E-state index contributed by atoms with van der Waals surface area (Å²) in [7, 11) is 0. The Labute approximate surface area is 133 Å². The maximum atomic E-state index is 12.1. The summed E-state index contributed by atoms with van der Waals surface area (Å²) in [4.78, 5) is 14.5. The molecule has 118 valence electrons. The number of nitriles is 1. The molecule has 0 aliphatic carbocycles. The van der Waals surface area contributed by atoms with Gasteiger partial charge < -0.3 is 5.32 Å². The van der Waals surface area contributed by atoms with E-state index in [2.05, 4.69) is 22.4 Å². The van der Waals surface area contributed by atoms with E-state index < -0.39 is 0 Å². The van der Waals surface area contributed by atoms with Crippen LogP contribution in [0.25, 0.3) is 0 Å². The van der Waals surface area contributed by atoms with Crippen LogP contribution in [0.4, 0.5) is 0 Å². The van der Waals surface area contributed by atoms with E-state index in [1.165, 1.54) is 0 Å². The van der Waals surface area contributed by atoms with Crippen molar-refractivity contribution >= 4 is 5.91 Å². The van der Waals surface area contributed by atoms with Gasteiger partial charge in [-0.05, 0) is 37.1 Å². The number of nitrogens with zero attached hydrogens (tertiary/aromatic N) is 2. The quantitative estimate of drug-likeness (QED) is 0.933. The molecule has 4 nitrogen and oxygen atoms in total. The minimum Gasteiger partial charge on any atom is -0.352 e. The highest BCUT2D eigenvalue weighted by atomic mass is 16.2. The van der Waals surface area contributed by atoms with Gasteiger partial charge in [-0.1, -0.05) is 32.9 Å².